The van der Waals surface area contributed by atoms with Crippen LogP contribution in [0, 0.1) is 5.41 Å². The minimum absolute atomic E-state index is 0.104. The number of methoxy groups -OCH3 is 1. The summed E-state index contributed by atoms with van der Waals surface area (Å²) in [5.74, 6) is 0.749. The second-order valence-corrected chi connectivity index (χ2v) is 6.61. The Balaban J connectivity index is 1.83. The van der Waals surface area contributed by atoms with Crippen LogP contribution in [0.2, 0.25) is 5.15 Å². The Kier molecular flexibility index (Phi) is 4.22. The molecule has 2 heterocycles. The maximum atomic E-state index is 9.81. The summed E-state index contributed by atoms with van der Waals surface area (Å²) in [5.41, 5.74) is 0.435. The molecule has 0 aromatic carbocycles. The maximum absolute atomic E-state index is 9.81. The van der Waals surface area contributed by atoms with Crippen molar-refractivity contribution in [2.75, 3.05) is 25.2 Å². The molecule has 6 heteroatoms. The fraction of sp³-hybridized carbons (Fsp3) is 0.733. The van der Waals surface area contributed by atoms with E-state index in [2.05, 4.69) is 14.9 Å². The smallest absolute Gasteiger partial charge is 0.319 e. The van der Waals surface area contributed by atoms with E-state index >= 15 is 0 Å². The number of nitrogens with zero attached hydrogens (tertiary/aromatic N) is 3. The summed E-state index contributed by atoms with van der Waals surface area (Å²) in [4.78, 5) is 10.6. The van der Waals surface area contributed by atoms with Gasteiger partial charge in [0.05, 0.1) is 19.8 Å². The van der Waals surface area contributed by atoms with E-state index in [4.69, 9.17) is 16.3 Å². The largest absolute Gasteiger partial charge is 0.467 e. The first-order valence-electron chi connectivity index (χ1n) is 7.62. The molecule has 0 bridgehead atoms. The number of piperidine rings is 1. The summed E-state index contributed by atoms with van der Waals surface area (Å²) >= 11 is 6.04. The second kappa shape index (κ2) is 5.97. The van der Waals surface area contributed by atoms with Crippen LogP contribution < -0.4 is 9.64 Å². The first kappa shape index (κ1) is 14.9. The van der Waals surface area contributed by atoms with Crippen LogP contribution in [-0.4, -0.2) is 41.4 Å². The minimum Gasteiger partial charge on any atom is -0.467 e. The van der Waals surface area contributed by atoms with Crippen molar-refractivity contribution in [3.63, 3.8) is 0 Å². The standard InChI is InChI=1S/C15H22ClN3O2/c1-21-14-17-12(16)8-13(18-14)19-7-6-15(4-2-3-5-15)9-11(19)10-20/h8,11,20H,2-7,9-10H2,1H3. The molecule has 2 fully saturated rings. The molecule has 3 rings (SSSR count). The quantitative estimate of drug-likeness (QED) is 0.870. The maximum Gasteiger partial charge on any atom is 0.319 e. The van der Waals surface area contributed by atoms with Gasteiger partial charge in [0.2, 0.25) is 0 Å². The number of aliphatic hydroxyl groups excluding tert-OH is 1. The minimum atomic E-state index is 0.104. The number of rotatable bonds is 3. The van der Waals surface area contributed by atoms with Crippen molar-refractivity contribution in [3.05, 3.63) is 11.2 Å². The number of ether oxygens (including phenoxy) is 1. The SMILES string of the molecule is COc1nc(Cl)cc(N2CCC3(CCCC3)CC2CO)n1. The number of hydrogen-bond donors (Lipinski definition) is 1. The van der Waals surface area contributed by atoms with Gasteiger partial charge in [-0.05, 0) is 31.1 Å². The molecular formula is C15H22ClN3O2. The zero-order valence-corrected chi connectivity index (χ0v) is 13.1. The lowest BCUT2D eigenvalue weighted by Gasteiger charge is -2.45. The van der Waals surface area contributed by atoms with Gasteiger partial charge >= 0.3 is 6.01 Å². The van der Waals surface area contributed by atoms with Crippen molar-refractivity contribution in [2.45, 2.75) is 44.6 Å². The van der Waals surface area contributed by atoms with Gasteiger partial charge in [0.15, 0.2) is 0 Å². The monoisotopic (exact) mass is 311 g/mol. The Bertz CT molecular complexity index is 506. The van der Waals surface area contributed by atoms with Crippen LogP contribution in [0.15, 0.2) is 6.07 Å². The Labute approximate surface area is 130 Å². The Morgan fingerprint density at radius 1 is 1.38 bits per heavy atom. The first-order valence-corrected chi connectivity index (χ1v) is 8.00. The average Bonchev–Trinajstić information content (AvgIpc) is 2.94. The molecule has 21 heavy (non-hydrogen) atoms. The predicted octanol–water partition coefficient (Wildman–Crippen LogP) is 2.66. The molecule has 1 atom stereocenters. The number of aliphatic hydroxyl groups is 1. The van der Waals surface area contributed by atoms with Gasteiger partial charge in [-0.3, -0.25) is 0 Å². The molecule has 1 aromatic rings. The van der Waals surface area contributed by atoms with E-state index in [9.17, 15) is 5.11 Å². The third kappa shape index (κ3) is 2.94. The van der Waals surface area contributed by atoms with Gasteiger partial charge in [-0.2, -0.15) is 9.97 Å². The Hall–Kier alpha value is -1.07. The van der Waals surface area contributed by atoms with Crippen molar-refractivity contribution in [1.82, 2.24) is 9.97 Å². The van der Waals surface area contributed by atoms with E-state index in [0.717, 1.165) is 25.2 Å². The van der Waals surface area contributed by atoms with Crippen LogP contribution in [0.1, 0.15) is 38.5 Å². The third-order valence-electron chi connectivity index (χ3n) is 5.01. The molecule has 1 saturated heterocycles. The lowest BCUT2D eigenvalue weighted by Crippen LogP contribution is -2.48. The molecule has 1 saturated carbocycles. The molecule has 5 nitrogen and oxygen atoms in total. The van der Waals surface area contributed by atoms with Crippen LogP contribution in [-0.2, 0) is 0 Å². The van der Waals surface area contributed by atoms with E-state index in [1.165, 1.54) is 32.8 Å². The zero-order valence-electron chi connectivity index (χ0n) is 12.4. The van der Waals surface area contributed by atoms with Crippen molar-refractivity contribution >= 4 is 17.4 Å². The van der Waals surface area contributed by atoms with Crippen molar-refractivity contribution in [3.8, 4) is 6.01 Å². The lowest BCUT2D eigenvalue weighted by atomic mass is 9.74. The van der Waals surface area contributed by atoms with Crippen LogP contribution in [0.5, 0.6) is 6.01 Å². The van der Waals surface area contributed by atoms with Gasteiger partial charge in [0.25, 0.3) is 0 Å². The Morgan fingerprint density at radius 2 is 2.14 bits per heavy atom. The summed E-state index contributed by atoms with van der Waals surface area (Å²) in [6, 6.07) is 2.13. The fourth-order valence-corrected chi connectivity index (χ4v) is 4.09. The molecule has 1 spiro atoms. The van der Waals surface area contributed by atoms with Gasteiger partial charge in [0.1, 0.15) is 11.0 Å². The first-order chi connectivity index (χ1) is 10.2. The highest BCUT2D eigenvalue weighted by atomic mass is 35.5. The molecule has 1 aliphatic heterocycles. The molecule has 1 aromatic heterocycles. The number of aromatic nitrogens is 2. The number of anilines is 1. The van der Waals surface area contributed by atoms with Gasteiger partial charge in [-0.25, -0.2) is 0 Å². The van der Waals surface area contributed by atoms with Gasteiger partial charge < -0.3 is 14.7 Å². The van der Waals surface area contributed by atoms with E-state index in [1.54, 1.807) is 6.07 Å². The highest BCUT2D eigenvalue weighted by Gasteiger charge is 2.41. The molecule has 1 aliphatic carbocycles. The normalized spacial score (nSPS) is 24.5. The molecule has 116 valence electrons. The van der Waals surface area contributed by atoms with E-state index in [1.807, 2.05) is 0 Å². The average molecular weight is 312 g/mol. The van der Waals surface area contributed by atoms with Crippen LogP contribution in [0.4, 0.5) is 5.82 Å². The highest BCUT2D eigenvalue weighted by molar-refractivity contribution is 6.29. The van der Waals surface area contributed by atoms with Gasteiger partial charge in [0, 0.05) is 12.6 Å². The van der Waals surface area contributed by atoms with Crippen LogP contribution in [0.3, 0.4) is 0 Å². The summed E-state index contributed by atoms with van der Waals surface area (Å²) in [6.45, 7) is 1.05. The summed E-state index contributed by atoms with van der Waals surface area (Å²) in [5, 5.41) is 10.2. The van der Waals surface area contributed by atoms with Gasteiger partial charge in [-0.15, -0.1) is 0 Å². The zero-order chi connectivity index (χ0) is 14.9. The van der Waals surface area contributed by atoms with E-state index in [-0.39, 0.29) is 18.7 Å². The molecular weight excluding hydrogens is 290 g/mol. The van der Waals surface area contributed by atoms with E-state index in [0.29, 0.717) is 10.6 Å². The van der Waals surface area contributed by atoms with E-state index < -0.39 is 0 Å². The van der Waals surface area contributed by atoms with Crippen molar-refractivity contribution in [2.24, 2.45) is 5.41 Å². The topological polar surface area (TPSA) is 58.5 Å². The van der Waals surface area contributed by atoms with Crippen LogP contribution in [0.25, 0.3) is 0 Å². The number of halogens is 1. The Morgan fingerprint density at radius 3 is 2.81 bits per heavy atom. The molecule has 2 aliphatic rings. The van der Waals surface area contributed by atoms with Crippen molar-refractivity contribution < 1.29 is 9.84 Å². The lowest BCUT2D eigenvalue weighted by molar-refractivity contribution is 0.147. The fourth-order valence-electron chi connectivity index (χ4n) is 3.92. The second-order valence-electron chi connectivity index (χ2n) is 6.23. The number of hydrogen-bond acceptors (Lipinski definition) is 5. The summed E-state index contributed by atoms with van der Waals surface area (Å²) in [6.07, 6.45) is 7.44. The molecule has 0 amide bonds. The highest BCUT2D eigenvalue weighted by Crippen LogP contribution is 2.48. The van der Waals surface area contributed by atoms with Gasteiger partial charge in [-0.1, -0.05) is 24.4 Å². The third-order valence-corrected chi connectivity index (χ3v) is 5.20. The molecule has 0 radical (unpaired) electrons. The summed E-state index contributed by atoms with van der Waals surface area (Å²) < 4.78 is 5.09. The van der Waals surface area contributed by atoms with Crippen LogP contribution >= 0.6 is 11.6 Å². The summed E-state index contributed by atoms with van der Waals surface area (Å²) in [7, 11) is 1.53. The predicted molar refractivity (Wildman–Crippen MR) is 81.9 cm³/mol. The van der Waals surface area contributed by atoms with Crippen molar-refractivity contribution in [1.29, 1.82) is 0 Å². The molecule has 1 unspecified atom stereocenters. The molecule has 1 N–H and O–H groups in total.